The van der Waals surface area contributed by atoms with E-state index >= 15 is 0 Å². The molecular formula is C17H29Cl2N. The van der Waals surface area contributed by atoms with Gasteiger partial charge in [-0.2, -0.15) is 0 Å². The summed E-state index contributed by atoms with van der Waals surface area (Å²) in [6.45, 7) is 2.26. The summed E-state index contributed by atoms with van der Waals surface area (Å²) in [5.74, 6) is 0. The van der Waals surface area contributed by atoms with Gasteiger partial charge >= 0.3 is 0 Å². The SMILES string of the molecule is CCCCCCCC(Cc1ccccc1)[N+](C)(C)Cl.[Cl-]. The fraction of sp³-hybridized carbons (Fsp3) is 0.647. The first-order valence-corrected chi connectivity index (χ1v) is 7.95. The highest BCUT2D eigenvalue weighted by atomic mass is 35.5. The molecule has 0 saturated heterocycles. The molecule has 116 valence electrons. The molecule has 1 unspecified atom stereocenters. The molecule has 0 N–H and O–H groups in total. The van der Waals surface area contributed by atoms with Crippen molar-refractivity contribution in [3.8, 4) is 0 Å². The van der Waals surface area contributed by atoms with Crippen molar-refractivity contribution in [2.24, 2.45) is 0 Å². The molecule has 1 rings (SSSR count). The lowest BCUT2D eigenvalue weighted by Crippen LogP contribution is -3.00. The van der Waals surface area contributed by atoms with E-state index in [9.17, 15) is 0 Å². The van der Waals surface area contributed by atoms with Gasteiger partial charge in [0.2, 0.25) is 0 Å². The first-order chi connectivity index (χ1) is 9.04. The van der Waals surface area contributed by atoms with E-state index in [-0.39, 0.29) is 12.4 Å². The number of nitrogens with zero attached hydrogens (tertiary/aromatic N) is 1. The van der Waals surface area contributed by atoms with E-state index in [2.05, 4.69) is 51.4 Å². The standard InChI is InChI=1S/C17H29ClN.ClH/c1-4-5-6-7-11-14-17(19(2,3)18)15-16-12-9-8-10-13-16;/h8-10,12-13,17H,4-7,11,14-15H2,1-3H3;1H/q+1;/p-1. The van der Waals surface area contributed by atoms with E-state index in [4.69, 9.17) is 11.8 Å². The van der Waals surface area contributed by atoms with Crippen LogP contribution in [0, 0.1) is 0 Å². The van der Waals surface area contributed by atoms with Crippen molar-refractivity contribution < 1.29 is 16.4 Å². The Morgan fingerprint density at radius 2 is 1.60 bits per heavy atom. The Hall–Kier alpha value is -0.240. The van der Waals surface area contributed by atoms with Gasteiger partial charge in [-0.25, -0.2) is 4.00 Å². The lowest BCUT2D eigenvalue weighted by molar-refractivity contribution is -0.801. The maximum Gasteiger partial charge on any atom is 0.165 e. The van der Waals surface area contributed by atoms with Crippen molar-refractivity contribution in [1.29, 1.82) is 0 Å². The summed E-state index contributed by atoms with van der Waals surface area (Å²) in [4.78, 5) is 0. The maximum atomic E-state index is 6.53. The van der Waals surface area contributed by atoms with Crippen LogP contribution in [0.1, 0.15) is 51.0 Å². The minimum Gasteiger partial charge on any atom is -1.00 e. The maximum absolute atomic E-state index is 6.53. The monoisotopic (exact) mass is 317 g/mol. The van der Waals surface area contributed by atoms with Crippen molar-refractivity contribution in [3.63, 3.8) is 0 Å². The zero-order valence-corrected chi connectivity index (χ0v) is 14.6. The summed E-state index contributed by atoms with van der Waals surface area (Å²) < 4.78 is 0.544. The lowest BCUT2D eigenvalue weighted by atomic mass is 9.99. The Bertz CT molecular complexity index is 333. The van der Waals surface area contributed by atoms with Crippen LogP contribution in [0.3, 0.4) is 0 Å². The van der Waals surface area contributed by atoms with Crippen LogP contribution >= 0.6 is 11.8 Å². The second-order valence-corrected chi connectivity index (χ2v) is 6.82. The summed E-state index contributed by atoms with van der Waals surface area (Å²) in [6, 6.07) is 11.2. The summed E-state index contributed by atoms with van der Waals surface area (Å²) in [7, 11) is 4.20. The van der Waals surface area contributed by atoms with Crippen molar-refractivity contribution in [2.45, 2.75) is 57.9 Å². The number of quaternary nitrogens is 1. The fourth-order valence-corrected chi connectivity index (χ4v) is 2.66. The van der Waals surface area contributed by atoms with Crippen LogP contribution in [0.15, 0.2) is 30.3 Å². The molecule has 0 heterocycles. The Balaban J connectivity index is 0.00000361. The Kier molecular flexibility index (Phi) is 10.4. The van der Waals surface area contributed by atoms with E-state index in [1.807, 2.05) is 0 Å². The molecule has 0 radical (unpaired) electrons. The number of unbranched alkanes of at least 4 members (excludes halogenated alkanes) is 4. The van der Waals surface area contributed by atoms with Crippen LogP contribution in [0.2, 0.25) is 0 Å². The second-order valence-electron chi connectivity index (χ2n) is 5.95. The average Bonchev–Trinajstić information content (AvgIpc) is 2.37. The number of rotatable bonds is 9. The summed E-state index contributed by atoms with van der Waals surface area (Å²) in [6.07, 6.45) is 8.97. The molecular weight excluding hydrogens is 289 g/mol. The fourth-order valence-electron chi connectivity index (χ4n) is 2.50. The minimum atomic E-state index is 0. The number of likely N-dealkylation sites (N-methyl/N-ethyl adjacent to an activating group) is 1. The van der Waals surface area contributed by atoms with Gasteiger partial charge in [0.05, 0.1) is 14.1 Å². The molecule has 20 heavy (non-hydrogen) atoms. The third kappa shape index (κ3) is 8.14. The van der Waals surface area contributed by atoms with Gasteiger partial charge in [-0.15, -0.1) is 0 Å². The Morgan fingerprint density at radius 1 is 1.00 bits per heavy atom. The van der Waals surface area contributed by atoms with E-state index in [1.54, 1.807) is 0 Å². The predicted molar refractivity (Wildman–Crippen MR) is 85.3 cm³/mol. The number of benzene rings is 1. The summed E-state index contributed by atoms with van der Waals surface area (Å²) in [5, 5.41) is 0. The molecule has 1 aromatic carbocycles. The quantitative estimate of drug-likeness (QED) is 0.484. The van der Waals surface area contributed by atoms with Gasteiger partial charge in [-0.1, -0.05) is 62.9 Å². The van der Waals surface area contributed by atoms with Crippen molar-refractivity contribution in [3.05, 3.63) is 35.9 Å². The molecule has 1 atom stereocenters. The van der Waals surface area contributed by atoms with Gasteiger partial charge in [0.15, 0.2) is 11.8 Å². The molecule has 0 amide bonds. The third-order valence-electron chi connectivity index (χ3n) is 3.82. The minimum absolute atomic E-state index is 0. The molecule has 1 aromatic rings. The lowest BCUT2D eigenvalue weighted by Gasteiger charge is -2.29. The number of hydrogen-bond donors (Lipinski definition) is 0. The molecule has 0 aromatic heterocycles. The van der Waals surface area contributed by atoms with E-state index in [0.717, 1.165) is 6.42 Å². The first-order valence-electron chi connectivity index (χ1n) is 7.61. The molecule has 0 spiro atoms. The van der Waals surface area contributed by atoms with E-state index in [1.165, 1.54) is 44.1 Å². The van der Waals surface area contributed by atoms with Crippen molar-refractivity contribution >= 4 is 11.8 Å². The van der Waals surface area contributed by atoms with Crippen molar-refractivity contribution in [1.82, 2.24) is 0 Å². The van der Waals surface area contributed by atoms with Gasteiger partial charge in [-0.05, 0) is 12.0 Å². The average molecular weight is 318 g/mol. The topological polar surface area (TPSA) is 0 Å². The number of hydrogen-bond acceptors (Lipinski definition) is 0. The Labute approximate surface area is 136 Å². The third-order valence-corrected chi connectivity index (χ3v) is 4.10. The predicted octanol–water partition coefficient (Wildman–Crippen LogP) is 2.19. The first kappa shape index (κ1) is 19.8. The van der Waals surface area contributed by atoms with Crippen LogP contribution in [0.25, 0.3) is 0 Å². The zero-order valence-electron chi connectivity index (χ0n) is 13.1. The molecule has 0 bridgehead atoms. The highest BCUT2D eigenvalue weighted by Crippen LogP contribution is 2.22. The van der Waals surface area contributed by atoms with E-state index in [0.29, 0.717) is 10.0 Å². The molecule has 3 heteroatoms. The van der Waals surface area contributed by atoms with Crippen molar-refractivity contribution in [2.75, 3.05) is 14.1 Å². The molecule has 0 aliphatic carbocycles. The van der Waals surface area contributed by atoms with E-state index < -0.39 is 0 Å². The van der Waals surface area contributed by atoms with Crippen LogP contribution in [-0.4, -0.2) is 24.1 Å². The molecule has 0 saturated carbocycles. The van der Waals surface area contributed by atoms with Gasteiger partial charge < -0.3 is 12.4 Å². The molecule has 0 aliphatic heterocycles. The van der Waals surface area contributed by atoms with Crippen LogP contribution in [0.4, 0.5) is 0 Å². The van der Waals surface area contributed by atoms with Gasteiger partial charge in [0.1, 0.15) is 6.04 Å². The second kappa shape index (κ2) is 10.5. The molecule has 0 aliphatic rings. The molecule has 0 fully saturated rings. The van der Waals surface area contributed by atoms with Gasteiger partial charge in [0.25, 0.3) is 0 Å². The number of halogens is 2. The van der Waals surface area contributed by atoms with Gasteiger partial charge in [0, 0.05) is 12.8 Å². The van der Waals surface area contributed by atoms with Gasteiger partial charge in [-0.3, -0.25) is 0 Å². The summed E-state index contributed by atoms with van der Waals surface area (Å²) >= 11 is 6.53. The largest absolute Gasteiger partial charge is 1.00 e. The van der Waals surface area contributed by atoms with Crippen LogP contribution in [-0.2, 0) is 6.42 Å². The smallest absolute Gasteiger partial charge is 0.165 e. The highest BCUT2D eigenvalue weighted by Gasteiger charge is 2.26. The summed E-state index contributed by atoms with van der Waals surface area (Å²) in [5.41, 5.74) is 1.40. The highest BCUT2D eigenvalue weighted by molar-refractivity contribution is 6.06. The molecule has 1 nitrogen and oxygen atoms in total. The normalized spacial score (nSPS) is 12.8. The van der Waals surface area contributed by atoms with Crippen LogP contribution < -0.4 is 12.4 Å². The Morgan fingerprint density at radius 3 is 2.15 bits per heavy atom. The van der Waals surface area contributed by atoms with Crippen LogP contribution in [0.5, 0.6) is 0 Å². The zero-order chi connectivity index (χ0) is 14.1.